The van der Waals surface area contributed by atoms with E-state index in [-0.39, 0.29) is 0 Å². The molecule has 0 bridgehead atoms. The molecule has 0 spiro atoms. The molecule has 1 rings (SSSR count). The van der Waals surface area contributed by atoms with E-state index in [1.165, 1.54) is 11.1 Å². The standard InChI is InChI=1S/C12H19NS/c1-10(14-2)12-7-5-11(6-8-12)4-3-9-13/h5-8,10H,3-4,9,13H2,1-2H3. The average Bonchev–Trinajstić information content (AvgIpc) is 2.26. The van der Waals surface area contributed by atoms with Gasteiger partial charge in [0, 0.05) is 5.25 Å². The summed E-state index contributed by atoms with van der Waals surface area (Å²) in [6.45, 7) is 3.02. The van der Waals surface area contributed by atoms with Gasteiger partial charge in [0.1, 0.15) is 0 Å². The summed E-state index contributed by atoms with van der Waals surface area (Å²) in [6, 6.07) is 8.90. The molecule has 0 fully saturated rings. The molecule has 1 aromatic rings. The second kappa shape index (κ2) is 6.10. The predicted octanol–water partition coefficient (Wildman–Crippen LogP) is 3.00. The first kappa shape index (κ1) is 11.6. The number of nitrogens with two attached hydrogens (primary N) is 1. The first-order valence-corrected chi connectivity index (χ1v) is 6.38. The van der Waals surface area contributed by atoms with E-state index in [0.29, 0.717) is 5.25 Å². The van der Waals surface area contributed by atoms with Crippen molar-refractivity contribution in [2.45, 2.75) is 25.0 Å². The van der Waals surface area contributed by atoms with E-state index < -0.39 is 0 Å². The topological polar surface area (TPSA) is 26.0 Å². The Kier molecular flexibility index (Phi) is 5.05. The zero-order valence-electron chi connectivity index (χ0n) is 8.99. The van der Waals surface area contributed by atoms with E-state index in [9.17, 15) is 0 Å². The Balaban J connectivity index is 2.59. The zero-order chi connectivity index (χ0) is 10.4. The third-order valence-electron chi connectivity index (χ3n) is 2.47. The van der Waals surface area contributed by atoms with Gasteiger partial charge in [-0.3, -0.25) is 0 Å². The first-order chi connectivity index (χ1) is 6.77. The van der Waals surface area contributed by atoms with Gasteiger partial charge in [0.2, 0.25) is 0 Å². The zero-order valence-corrected chi connectivity index (χ0v) is 9.81. The van der Waals surface area contributed by atoms with Gasteiger partial charge in [0.15, 0.2) is 0 Å². The third kappa shape index (κ3) is 3.35. The number of hydrogen-bond acceptors (Lipinski definition) is 2. The summed E-state index contributed by atoms with van der Waals surface area (Å²) in [6.07, 6.45) is 4.33. The number of rotatable bonds is 5. The molecule has 1 aromatic carbocycles. The highest BCUT2D eigenvalue weighted by atomic mass is 32.2. The van der Waals surface area contributed by atoms with Crippen molar-refractivity contribution in [1.29, 1.82) is 0 Å². The molecular weight excluding hydrogens is 190 g/mol. The van der Waals surface area contributed by atoms with Crippen LogP contribution in [0.1, 0.15) is 29.7 Å². The minimum Gasteiger partial charge on any atom is -0.330 e. The maximum absolute atomic E-state index is 5.47. The molecule has 0 amide bonds. The molecule has 1 atom stereocenters. The van der Waals surface area contributed by atoms with Crippen molar-refractivity contribution in [1.82, 2.24) is 0 Å². The van der Waals surface area contributed by atoms with Crippen LogP contribution in [0.5, 0.6) is 0 Å². The Morgan fingerprint density at radius 2 is 1.93 bits per heavy atom. The van der Waals surface area contributed by atoms with Gasteiger partial charge in [-0.2, -0.15) is 11.8 Å². The van der Waals surface area contributed by atoms with Crippen LogP contribution in [-0.4, -0.2) is 12.8 Å². The van der Waals surface area contributed by atoms with Crippen molar-refractivity contribution in [2.24, 2.45) is 5.73 Å². The Morgan fingerprint density at radius 1 is 1.29 bits per heavy atom. The fraction of sp³-hybridized carbons (Fsp3) is 0.500. The van der Waals surface area contributed by atoms with Gasteiger partial charge in [-0.25, -0.2) is 0 Å². The number of benzene rings is 1. The Labute approximate surface area is 91.1 Å². The molecule has 0 aliphatic rings. The molecule has 1 unspecified atom stereocenters. The van der Waals surface area contributed by atoms with Gasteiger partial charge in [-0.1, -0.05) is 24.3 Å². The second-order valence-electron chi connectivity index (χ2n) is 3.51. The molecule has 2 heteroatoms. The Morgan fingerprint density at radius 3 is 2.43 bits per heavy atom. The van der Waals surface area contributed by atoms with Crippen LogP contribution in [0.25, 0.3) is 0 Å². The predicted molar refractivity (Wildman–Crippen MR) is 65.7 cm³/mol. The minimum absolute atomic E-state index is 0.596. The third-order valence-corrected chi connectivity index (χ3v) is 3.45. The van der Waals surface area contributed by atoms with E-state index >= 15 is 0 Å². The highest BCUT2D eigenvalue weighted by molar-refractivity contribution is 7.98. The van der Waals surface area contributed by atoms with Crippen LogP contribution in [0.3, 0.4) is 0 Å². The van der Waals surface area contributed by atoms with Crippen LogP contribution in [-0.2, 0) is 6.42 Å². The van der Waals surface area contributed by atoms with Gasteiger partial charge in [-0.15, -0.1) is 0 Å². The van der Waals surface area contributed by atoms with Crippen molar-refractivity contribution in [3.8, 4) is 0 Å². The van der Waals surface area contributed by atoms with Gasteiger partial charge in [-0.05, 0) is 43.7 Å². The molecule has 0 radical (unpaired) electrons. The fourth-order valence-corrected chi connectivity index (χ4v) is 1.83. The summed E-state index contributed by atoms with van der Waals surface area (Å²) in [7, 11) is 0. The maximum atomic E-state index is 5.47. The minimum atomic E-state index is 0.596. The largest absolute Gasteiger partial charge is 0.330 e. The summed E-state index contributed by atoms with van der Waals surface area (Å²) in [5.41, 5.74) is 8.28. The van der Waals surface area contributed by atoms with Crippen LogP contribution in [0.15, 0.2) is 24.3 Å². The molecule has 0 saturated carbocycles. The van der Waals surface area contributed by atoms with E-state index in [4.69, 9.17) is 5.73 Å². The van der Waals surface area contributed by atoms with Crippen molar-refractivity contribution in [2.75, 3.05) is 12.8 Å². The Hall–Kier alpha value is -0.470. The van der Waals surface area contributed by atoms with Crippen LogP contribution in [0.4, 0.5) is 0 Å². The smallest absolute Gasteiger partial charge is 0.0266 e. The van der Waals surface area contributed by atoms with Crippen molar-refractivity contribution in [3.63, 3.8) is 0 Å². The van der Waals surface area contributed by atoms with Crippen molar-refractivity contribution < 1.29 is 0 Å². The summed E-state index contributed by atoms with van der Waals surface area (Å²) in [5, 5.41) is 0.596. The van der Waals surface area contributed by atoms with Crippen LogP contribution >= 0.6 is 11.8 Å². The highest BCUT2D eigenvalue weighted by Crippen LogP contribution is 2.25. The molecule has 14 heavy (non-hydrogen) atoms. The monoisotopic (exact) mass is 209 g/mol. The second-order valence-corrected chi connectivity index (χ2v) is 4.69. The lowest BCUT2D eigenvalue weighted by Gasteiger charge is -2.09. The van der Waals surface area contributed by atoms with E-state index in [0.717, 1.165) is 19.4 Å². The lowest BCUT2D eigenvalue weighted by Crippen LogP contribution is -2.00. The lowest BCUT2D eigenvalue weighted by atomic mass is 10.1. The number of thioether (sulfide) groups is 1. The molecule has 0 aliphatic carbocycles. The van der Waals surface area contributed by atoms with E-state index in [1.54, 1.807) is 0 Å². The molecule has 1 nitrogen and oxygen atoms in total. The van der Waals surface area contributed by atoms with E-state index in [2.05, 4.69) is 37.4 Å². The van der Waals surface area contributed by atoms with Crippen LogP contribution < -0.4 is 5.73 Å². The van der Waals surface area contributed by atoms with E-state index in [1.807, 2.05) is 11.8 Å². The quantitative estimate of drug-likeness (QED) is 0.806. The molecule has 2 N–H and O–H groups in total. The first-order valence-electron chi connectivity index (χ1n) is 5.09. The maximum Gasteiger partial charge on any atom is 0.0266 e. The number of hydrogen-bond donors (Lipinski definition) is 1. The molecule has 0 aliphatic heterocycles. The molecule has 78 valence electrons. The van der Waals surface area contributed by atoms with Crippen LogP contribution in [0, 0.1) is 0 Å². The highest BCUT2D eigenvalue weighted by Gasteiger charge is 2.02. The summed E-state index contributed by atoms with van der Waals surface area (Å²) in [4.78, 5) is 0. The van der Waals surface area contributed by atoms with Gasteiger partial charge in [0.05, 0.1) is 0 Å². The van der Waals surface area contributed by atoms with Crippen molar-refractivity contribution in [3.05, 3.63) is 35.4 Å². The van der Waals surface area contributed by atoms with Gasteiger partial charge < -0.3 is 5.73 Å². The van der Waals surface area contributed by atoms with Crippen LogP contribution in [0.2, 0.25) is 0 Å². The summed E-state index contributed by atoms with van der Waals surface area (Å²) in [5.74, 6) is 0. The SMILES string of the molecule is CSC(C)c1ccc(CCCN)cc1. The molecule has 0 aromatic heterocycles. The summed E-state index contributed by atoms with van der Waals surface area (Å²) < 4.78 is 0. The number of aryl methyl sites for hydroxylation is 1. The van der Waals surface area contributed by atoms with Gasteiger partial charge >= 0.3 is 0 Å². The Bertz CT molecular complexity index is 256. The molecule has 0 saturated heterocycles. The lowest BCUT2D eigenvalue weighted by molar-refractivity contribution is 0.832. The normalized spacial score (nSPS) is 12.8. The fourth-order valence-electron chi connectivity index (χ4n) is 1.40. The molecular formula is C12H19NS. The van der Waals surface area contributed by atoms with Crippen molar-refractivity contribution >= 4 is 11.8 Å². The van der Waals surface area contributed by atoms with Gasteiger partial charge in [0.25, 0.3) is 0 Å². The molecule has 0 heterocycles. The average molecular weight is 209 g/mol. The summed E-state index contributed by atoms with van der Waals surface area (Å²) >= 11 is 1.88.